The fourth-order valence-electron chi connectivity index (χ4n) is 3.07. The monoisotopic (exact) mass is 299 g/mol. The van der Waals surface area contributed by atoms with Gasteiger partial charge in [-0.25, -0.2) is 0 Å². The molecule has 1 unspecified atom stereocenters. The van der Waals surface area contributed by atoms with E-state index < -0.39 is 0 Å². The predicted molar refractivity (Wildman–Crippen MR) is 87.5 cm³/mol. The van der Waals surface area contributed by atoms with Crippen LogP contribution in [0.5, 0.6) is 0 Å². The van der Waals surface area contributed by atoms with Crippen LogP contribution in [0.25, 0.3) is 0 Å². The van der Waals surface area contributed by atoms with Crippen molar-refractivity contribution in [1.82, 2.24) is 15.1 Å². The second-order valence-corrected chi connectivity index (χ2v) is 5.98. The first-order valence-electron chi connectivity index (χ1n) is 7.97. The zero-order valence-corrected chi connectivity index (χ0v) is 14.4. The van der Waals surface area contributed by atoms with E-state index in [1.165, 1.54) is 31.4 Å². The lowest BCUT2D eigenvalue weighted by Crippen LogP contribution is -2.36. The summed E-state index contributed by atoms with van der Waals surface area (Å²) in [7, 11) is 2.07. The molecule has 1 aromatic heterocycles. The quantitative estimate of drug-likeness (QED) is 0.740. The third-order valence-electron chi connectivity index (χ3n) is 4.12. The number of halogens is 1. The predicted octanol–water partition coefficient (Wildman–Crippen LogP) is 4.21. The van der Waals surface area contributed by atoms with Crippen LogP contribution in [0.2, 0.25) is 5.02 Å². The van der Waals surface area contributed by atoms with Gasteiger partial charge in [0, 0.05) is 19.0 Å². The molecule has 3 nitrogen and oxygen atoms in total. The van der Waals surface area contributed by atoms with Gasteiger partial charge in [0.15, 0.2) is 0 Å². The minimum atomic E-state index is 0.480. The Hall–Kier alpha value is -0.540. The third kappa shape index (κ3) is 4.23. The van der Waals surface area contributed by atoms with Crippen molar-refractivity contribution < 1.29 is 0 Å². The Morgan fingerprint density at radius 3 is 2.25 bits per heavy atom. The number of nitrogens with zero attached hydrogens (tertiary/aromatic N) is 2. The summed E-state index contributed by atoms with van der Waals surface area (Å²) in [5, 5.41) is 8.88. The molecule has 1 aromatic rings. The molecule has 4 heteroatoms. The van der Waals surface area contributed by atoms with E-state index in [0.29, 0.717) is 12.0 Å². The van der Waals surface area contributed by atoms with Crippen LogP contribution < -0.4 is 5.32 Å². The Morgan fingerprint density at radius 2 is 1.80 bits per heavy atom. The summed E-state index contributed by atoms with van der Waals surface area (Å²) in [6.07, 6.45) is 5.99. The van der Waals surface area contributed by atoms with E-state index in [1.54, 1.807) is 0 Å². The van der Waals surface area contributed by atoms with Gasteiger partial charge in [-0.3, -0.25) is 4.68 Å². The standard InChI is InChI=1S/C16H30ClN3/c1-6-9-13(10-7-2)14(18-5)11-15-16(17)12(4)19-20(15)8-3/h13-14,18H,6-11H2,1-5H3. The number of nitrogens with one attached hydrogen (secondary N) is 1. The first-order valence-corrected chi connectivity index (χ1v) is 8.35. The molecule has 1 atom stereocenters. The molecule has 0 radical (unpaired) electrons. The molecular formula is C16H30ClN3. The highest BCUT2D eigenvalue weighted by Crippen LogP contribution is 2.26. The van der Waals surface area contributed by atoms with Gasteiger partial charge in [-0.2, -0.15) is 5.10 Å². The van der Waals surface area contributed by atoms with Crippen LogP contribution in [0.3, 0.4) is 0 Å². The molecule has 1 N–H and O–H groups in total. The second-order valence-electron chi connectivity index (χ2n) is 5.60. The van der Waals surface area contributed by atoms with Crippen molar-refractivity contribution in [3.63, 3.8) is 0 Å². The molecular weight excluding hydrogens is 270 g/mol. The van der Waals surface area contributed by atoms with Crippen molar-refractivity contribution in [1.29, 1.82) is 0 Å². The van der Waals surface area contributed by atoms with E-state index in [4.69, 9.17) is 11.6 Å². The van der Waals surface area contributed by atoms with Crippen molar-refractivity contribution in [3.05, 3.63) is 16.4 Å². The first kappa shape index (κ1) is 17.5. The fraction of sp³-hybridized carbons (Fsp3) is 0.812. The van der Waals surface area contributed by atoms with Gasteiger partial charge in [-0.05, 0) is 39.7 Å². The highest BCUT2D eigenvalue weighted by molar-refractivity contribution is 6.31. The topological polar surface area (TPSA) is 29.9 Å². The molecule has 116 valence electrons. The van der Waals surface area contributed by atoms with E-state index in [1.807, 2.05) is 6.92 Å². The maximum Gasteiger partial charge on any atom is 0.0847 e. The summed E-state index contributed by atoms with van der Waals surface area (Å²) in [5.41, 5.74) is 2.13. The number of hydrogen-bond acceptors (Lipinski definition) is 2. The summed E-state index contributed by atoms with van der Waals surface area (Å²) >= 11 is 6.44. The van der Waals surface area contributed by atoms with Gasteiger partial charge in [0.2, 0.25) is 0 Å². The summed E-state index contributed by atoms with van der Waals surface area (Å²) in [6, 6.07) is 0.480. The Labute approximate surface area is 129 Å². The van der Waals surface area contributed by atoms with E-state index in [9.17, 15) is 0 Å². The van der Waals surface area contributed by atoms with Gasteiger partial charge in [-0.1, -0.05) is 38.3 Å². The molecule has 0 spiro atoms. The highest BCUT2D eigenvalue weighted by atomic mass is 35.5. The lowest BCUT2D eigenvalue weighted by molar-refractivity contribution is 0.318. The van der Waals surface area contributed by atoms with Gasteiger partial charge in [0.25, 0.3) is 0 Å². The van der Waals surface area contributed by atoms with Gasteiger partial charge in [0.1, 0.15) is 0 Å². The van der Waals surface area contributed by atoms with Crippen molar-refractivity contribution in [2.24, 2.45) is 5.92 Å². The van der Waals surface area contributed by atoms with Crippen LogP contribution in [0.1, 0.15) is 57.8 Å². The third-order valence-corrected chi connectivity index (χ3v) is 4.62. The molecule has 0 bridgehead atoms. The lowest BCUT2D eigenvalue weighted by atomic mass is 9.88. The minimum absolute atomic E-state index is 0.480. The van der Waals surface area contributed by atoms with Crippen LogP contribution in [-0.4, -0.2) is 22.9 Å². The Bertz CT molecular complexity index is 395. The normalized spacial score (nSPS) is 13.2. The van der Waals surface area contributed by atoms with Crippen molar-refractivity contribution in [2.75, 3.05) is 7.05 Å². The van der Waals surface area contributed by atoms with E-state index in [-0.39, 0.29) is 0 Å². The number of rotatable bonds is 9. The first-order chi connectivity index (χ1) is 9.58. The number of aromatic nitrogens is 2. The Balaban J connectivity index is 2.91. The van der Waals surface area contributed by atoms with Crippen molar-refractivity contribution in [2.45, 2.75) is 72.4 Å². The molecule has 0 aliphatic rings. The summed E-state index contributed by atoms with van der Waals surface area (Å²) < 4.78 is 2.05. The van der Waals surface area contributed by atoms with Crippen LogP contribution in [0, 0.1) is 12.8 Å². The maximum atomic E-state index is 6.44. The number of hydrogen-bond donors (Lipinski definition) is 1. The lowest BCUT2D eigenvalue weighted by Gasteiger charge is -2.27. The maximum absolute atomic E-state index is 6.44. The van der Waals surface area contributed by atoms with Crippen LogP contribution >= 0.6 is 11.6 Å². The zero-order valence-electron chi connectivity index (χ0n) is 13.7. The van der Waals surface area contributed by atoms with Crippen molar-refractivity contribution >= 4 is 11.6 Å². The molecule has 0 saturated carbocycles. The van der Waals surface area contributed by atoms with E-state index in [2.05, 4.69) is 42.9 Å². The average Bonchev–Trinajstić information content (AvgIpc) is 2.71. The molecule has 0 aliphatic heterocycles. The Kier molecular flexibility index (Phi) is 7.60. The van der Waals surface area contributed by atoms with E-state index >= 15 is 0 Å². The van der Waals surface area contributed by atoms with Gasteiger partial charge < -0.3 is 5.32 Å². The highest BCUT2D eigenvalue weighted by Gasteiger charge is 2.23. The van der Waals surface area contributed by atoms with Gasteiger partial charge in [-0.15, -0.1) is 0 Å². The number of aryl methyl sites for hydroxylation is 2. The fourth-order valence-corrected chi connectivity index (χ4v) is 3.28. The van der Waals surface area contributed by atoms with Gasteiger partial charge in [0.05, 0.1) is 16.4 Å². The largest absolute Gasteiger partial charge is 0.316 e. The summed E-state index contributed by atoms with van der Waals surface area (Å²) in [5.74, 6) is 0.714. The van der Waals surface area contributed by atoms with Crippen LogP contribution in [0.4, 0.5) is 0 Å². The molecule has 20 heavy (non-hydrogen) atoms. The SMILES string of the molecule is CCCC(CCC)C(Cc1c(Cl)c(C)nn1CC)NC. The van der Waals surface area contributed by atoms with Gasteiger partial charge >= 0.3 is 0 Å². The molecule has 1 rings (SSSR count). The van der Waals surface area contributed by atoms with Crippen LogP contribution in [-0.2, 0) is 13.0 Å². The van der Waals surface area contributed by atoms with Crippen molar-refractivity contribution in [3.8, 4) is 0 Å². The molecule has 0 fully saturated rings. The molecule has 0 saturated heterocycles. The van der Waals surface area contributed by atoms with E-state index in [0.717, 1.165) is 23.7 Å². The molecule has 0 aliphatic carbocycles. The Morgan fingerprint density at radius 1 is 1.20 bits per heavy atom. The minimum Gasteiger partial charge on any atom is -0.316 e. The molecule has 0 aromatic carbocycles. The summed E-state index contributed by atoms with van der Waals surface area (Å²) in [4.78, 5) is 0. The van der Waals surface area contributed by atoms with Crippen LogP contribution in [0.15, 0.2) is 0 Å². The molecule has 1 heterocycles. The average molecular weight is 300 g/mol. The number of likely N-dealkylation sites (N-methyl/N-ethyl adjacent to an activating group) is 1. The smallest absolute Gasteiger partial charge is 0.0847 e. The zero-order chi connectivity index (χ0) is 15.1. The second kappa shape index (κ2) is 8.68. The molecule has 0 amide bonds. The summed E-state index contributed by atoms with van der Waals surface area (Å²) in [6.45, 7) is 9.52.